The van der Waals surface area contributed by atoms with Crippen molar-refractivity contribution >= 4 is 5.91 Å². The van der Waals surface area contributed by atoms with Crippen molar-refractivity contribution in [1.29, 1.82) is 0 Å². The van der Waals surface area contributed by atoms with E-state index < -0.39 is 0 Å². The van der Waals surface area contributed by atoms with Gasteiger partial charge in [0, 0.05) is 51.5 Å². The number of pyridine rings is 1. The van der Waals surface area contributed by atoms with Gasteiger partial charge in [-0.05, 0) is 6.42 Å². The molecule has 1 fully saturated rings. The molecule has 1 aromatic heterocycles. The summed E-state index contributed by atoms with van der Waals surface area (Å²) < 4.78 is 5.83. The molecular weight excluding hydrogens is 270 g/mol. The van der Waals surface area contributed by atoms with Gasteiger partial charge in [-0.15, -0.1) is 0 Å². The number of rotatable bonds is 5. The topological polar surface area (TPSA) is 59.7 Å². The highest BCUT2D eigenvalue weighted by molar-refractivity contribution is 5.94. The average molecular weight is 293 g/mol. The van der Waals surface area contributed by atoms with Gasteiger partial charge in [0.25, 0.3) is 5.91 Å². The second-order valence-corrected chi connectivity index (χ2v) is 5.29. The Kier molecular flexibility index (Phi) is 5.52. The lowest BCUT2D eigenvalue weighted by molar-refractivity contribution is -0.605. The Labute approximate surface area is 125 Å². The van der Waals surface area contributed by atoms with Crippen molar-refractivity contribution in [3.63, 3.8) is 0 Å². The van der Waals surface area contributed by atoms with E-state index in [9.17, 15) is 10.0 Å². The first kappa shape index (κ1) is 15.7. The van der Waals surface area contributed by atoms with Gasteiger partial charge in [-0.3, -0.25) is 9.69 Å². The minimum atomic E-state index is 0.000409. The molecule has 0 aromatic carbocycles. The van der Waals surface area contributed by atoms with Crippen molar-refractivity contribution in [2.24, 2.45) is 0 Å². The Bertz CT molecular complexity index is 464. The molecule has 0 saturated carbocycles. The van der Waals surface area contributed by atoms with E-state index in [0.29, 0.717) is 29.5 Å². The van der Waals surface area contributed by atoms with E-state index in [4.69, 9.17) is 4.74 Å². The summed E-state index contributed by atoms with van der Waals surface area (Å²) in [5, 5.41) is 11.0. The number of nitrogens with zero attached hydrogens (tertiary/aromatic N) is 3. The van der Waals surface area contributed by atoms with Crippen molar-refractivity contribution in [2.75, 3.05) is 39.9 Å². The van der Waals surface area contributed by atoms with Gasteiger partial charge >= 0.3 is 0 Å². The van der Waals surface area contributed by atoms with Crippen LogP contribution in [0.2, 0.25) is 0 Å². The Balaban J connectivity index is 1.99. The number of amides is 1. The highest BCUT2D eigenvalue weighted by Gasteiger charge is 2.28. The Morgan fingerprint density at radius 3 is 2.76 bits per heavy atom. The molecule has 6 heteroatoms. The van der Waals surface area contributed by atoms with Crippen LogP contribution in [0.1, 0.15) is 23.7 Å². The zero-order chi connectivity index (χ0) is 15.2. The van der Waals surface area contributed by atoms with Gasteiger partial charge < -0.3 is 14.8 Å². The lowest BCUT2D eigenvalue weighted by Crippen LogP contribution is -2.55. The van der Waals surface area contributed by atoms with Crippen LogP contribution in [0, 0.1) is 5.21 Å². The second kappa shape index (κ2) is 7.38. The number of ether oxygens (including phenoxy) is 1. The van der Waals surface area contributed by atoms with Crippen LogP contribution >= 0.6 is 0 Å². The van der Waals surface area contributed by atoms with Crippen molar-refractivity contribution in [3.8, 4) is 0 Å². The van der Waals surface area contributed by atoms with Gasteiger partial charge in [0.05, 0.1) is 12.2 Å². The number of carbonyl (C=O) groups is 1. The van der Waals surface area contributed by atoms with Crippen LogP contribution in [0.15, 0.2) is 24.5 Å². The number of carbonyl (C=O) groups excluding carboxylic acids is 1. The normalized spacial score (nSPS) is 19.7. The van der Waals surface area contributed by atoms with Gasteiger partial charge in [0.2, 0.25) is 0 Å². The Morgan fingerprint density at radius 2 is 2.14 bits per heavy atom. The summed E-state index contributed by atoms with van der Waals surface area (Å²) in [6.45, 7) is 6.06. The van der Waals surface area contributed by atoms with Gasteiger partial charge in [-0.25, -0.2) is 0 Å². The number of aromatic nitrogens is 1. The molecule has 0 N–H and O–H groups in total. The zero-order valence-corrected chi connectivity index (χ0v) is 12.7. The van der Waals surface area contributed by atoms with Crippen LogP contribution in [0.4, 0.5) is 0 Å². The maximum Gasteiger partial charge on any atom is 0.254 e. The monoisotopic (exact) mass is 293 g/mol. The largest absolute Gasteiger partial charge is 0.619 e. The van der Waals surface area contributed by atoms with E-state index in [2.05, 4.69) is 11.8 Å². The van der Waals surface area contributed by atoms with E-state index in [1.54, 1.807) is 19.2 Å². The van der Waals surface area contributed by atoms with E-state index >= 15 is 0 Å². The molecule has 1 aliphatic rings. The molecule has 2 rings (SSSR count). The smallest absolute Gasteiger partial charge is 0.254 e. The van der Waals surface area contributed by atoms with E-state index in [-0.39, 0.29) is 5.91 Å². The Hall–Kier alpha value is -1.66. The fourth-order valence-corrected chi connectivity index (χ4v) is 2.71. The van der Waals surface area contributed by atoms with Gasteiger partial charge in [0.1, 0.15) is 0 Å². The molecule has 1 atom stereocenters. The third kappa shape index (κ3) is 3.92. The highest BCUT2D eigenvalue weighted by Crippen LogP contribution is 2.15. The quantitative estimate of drug-likeness (QED) is 0.586. The highest BCUT2D eigenvalue weighted by atomic mass is 16.5. The molecule has 1 unspecified atom stereocenters. The summed E-state index contributed by atoms with van der Waals surface area (Å²) in [7, 11) is 1.71. The van der Waals surface area contributed by atoms with Crippen LogP contribution in [0.25, 0.3) is 0 Å². The standard InChI is InChI=1S/C15H23N3O3/c1-3-14-12-17(9-8-16(14)10-11-21-2)15(19)13-4-6-18(20)7-5-13/h4-7,14H,3,8-12H2,1-2H3. The van der Waals surface area contributed by atoms with Gasteiger partial charge in [-0.1, -0.05) is 6.92 Å². The van der Waals surface area contributed by atoms with Crippen LogP contribution in [0.3, 0.4) is 0 Å². The van der Waals surface area contributed by atoms with Crippen LogP contribution in [-0.4, -0.2) is 61.6 Å². The molecule has 1 amide bonds. The van der Waals surface area contributed by atoms with Crippen molar-refractivity contribution < 1.29 is 14.3 Å². The third-order valence-electron chi connectivity index (χ3n) is 3.99. The van der Waals surface area contributed by atoms with Crippen LogP contribution in [0.5, 0.6) is 0 Å². The predicted molar refractivity (Wildman–Crippen MR) is 78.8 cm³/mol. The molecule has 116 valence electrons. The SMILES string of the molecule is CCC1CN(C(=O)c2cc[n+]([O-])cc2)CCN1CCOC. The first-order valence-electron chi connectivity index (χ1n) is 7.36. The molecule has 1 aromatic rings. The number of hydrogen-bond acceptors (Lipinski definition) is 4. The number of hydrogen-bond donors (Lipinski definition) is 0. The fraction of sp³-hybridized carbons (Fsp3) is 0.600. The number of piperazine rings is 1. The molecule has 0 aliphatic carbocycles. The van der Waals surface area contributed by atoms with Crippen LogP contribution in [-0.2, 0) is 4.74 Å². The minimum absolute atomic E-state index is 0.000409. The maximum absolute atomic E-state index is 12.5. The lowest BCUT2D eigenvalue weighted by Gasteiger charge is -2.41. The van der Waals surface area contributed by atoms with E-state index in [0.717, 1.165) is 26.1 Å². The zero-order valence-electron chi connectivity index (χ0n) is 12.7. The molecule has 1 saturated heterocycles. The maximum atomic E-state index is 12.5. The molecule has 0 spiro atoms. The predicted octanol–water partition coefficient (Wildman–Crippen LogP) is 0.503. The summed E-state index contributed by atoms with van der Waals surface area (Å²) >= 11 is 0. The summed E-state index contributed by atoms with van der Waals surface area (Å²) in [5.74, 6) is 0.000409. The first-order valence-corrected chi connectivity index (χ1v) is 7.36. The molecule has 0 radical (unpaired) electrons. The first-order chi connectivity index (χ1) is 10.2. The van der Waals surface area contributed by atoms with E-state index in [1.807, 2.05) is 4.90 Å². The minimum Gasteiger partial charge on any atom is -0.619 e. The van der Waals surface area contributed by atoms with E-state index in [1.165, 1.54) is 12.4 Å². The van der Waals surface area contributed by atoms with Gasteiger partial charge in [0.15, 0.2) is 12.4 Å². The Morgan fingerprint density at radius 1 is 1.43 bits per heavy atom. The summed E-state index contributed by atoms with van der Waals surface area (Å²) in [6, 6.07) is 3.52. The average Bonchev–Trinajstić information content (AvgIpc) is 2.52. The second-order valence-electron chi connectivity index (χ2n) is 5.29. The fourth-order valence-electron chi connectivity index (χ4n) is 2.71. The summed E-state index contributed by atoms with van der Waals surface area (Å²) in [5.41, 5.74) is 0.572. The molecule has 1 aliphatic heterocycles. The number of methoxy groups -OCH3 is 1. The lowest BCUT2D eigenvalue weighted by atomic mass is 10.1. The van der Waals surface area contributed by atoms with Crippen molar-refractivity contribution in [2.45, 2.75) is 19.4 Å². The van der Waals surface area contributed by atoms with Crippen LogP contribution < -0.4 is 4.73 Å². The molecule has 6 nitrogen and oxygen atoms in total. The molecule has 2 heterocycles. The molecular formula is C15H23N3O3. The van der Waals surface area contributed by atoms with Crippen molar-refractivity contribution in [1.82, 2.24) is 9.80 Å². The van der Waals surface area contributed by atoms with Gasteiger partial charge in [-0.2, -0.15) is 4.73 Å². The molecule has 21 heavy (non-hydrogen) atoms. The summed E-state index contributed by atoms with van der Waals surface area (Å²) in [6.07, 6.45) is 3.72. The third-order valence-corrected chi connectivity index (χ3v) is 3.99. The van der Waals surface area contributed by atoms with Crippen molar-refractivity contribution in [3.05, 3.63) is 35.3 Å². The summed E-state index contributed by atoms with van der Waals surface area (Å²) in [4.78, 5) is 16.7. The molecule has 0 bridgehead atoms.